The van der Waals surface area contributed by atoms with E-state index >= 15 is 0 Å². The van der Waals surface area contributed by atoms with Crippen molar-refractivity contribution < 1.29 is 0 Å². The fourth-order valence-corrected chi connectivity index (χ4v) is 4.70. The zero-order valence-corrected chi connectivity index (χ0v) is 18.3. The summed E-state index contributed by atoms with van der Waals surface area (Å²) < 4.78 is 1.44. The van der Waals surface area contributed by atoms with Crippen molar-refractivity contribution in [2.75, 3.05) is 25.0 Å². The van der Waals surface area contributed by atoms with Gasteiger partial charge in [0.25, 0.3) is 5.56 Å². The molecule has 166 valence electrons. The highest BCUT2D eigenvalue weighted by Gasteiger charge is 2.22. The molecule has 4 aromatic heterocycles. The fourth-order valence-electron chi connectivity index (χ4n) is 4.70. The van der Waals surface area contributed by atoms with Crippen LogP contribution < -0.4 is 15.8 Å². The van der Waals surface area contributed by atoms with Crippen molar-refractivity contribution in [3.63, 3.8) is 0 Å². The standard InChI is InChI=1S/C24H24N8O/c1-25-15-6-5-11-31(13-15)24-29-19-12-27-32(23(33)22(19)30-24)14-20-17-8-4-10-26-21(17)16-7-2-3-9-18(16)28-20/h2-4,7-10,12,15,25H,5-6,11,13-14H2,1H3,(H,29,30). The molecule has 1 atom stereocenters. The van der Waals surface area contributed by atoms with E-state index in [0.717, 1.165) is 59.4 Å². The van der Waals surface area contributed by atoms with Crippen molar-refractivity contribution >= 4 is 38.8 Å². The largest absolute Gasteiger partial charge is 0.341 e. The number of para-hydroxylation sites is 1. The molecule has 0 saturated carbocycles. The number of H-pyrrole nitrogens is 1. The normalized spacial score (nSPS) is 16.8. The number of aromatic nitrogens is 6. The highest BCUT2D eigenvalue weighted by atomic mass is 16.1. The third-order valence-electron chi connectivity index (χ3n) is 6.45. The van der Waals surface area contributed by atoms with E-state index in [4.69, 9.17) is 4.98 Å². The van der Waals surface area contributed by atoms with Crippen LogP contribution in [0.4, 0.5) is 5.95 Å². The number of rotatable bonds is 4. The summed E-state index contributed by atoms with van der Waals surface area (Å²) in [5.41, 5.74) is 3.32. The van der Waals surface area contributed by atoms with E-state index < -0.39 is 0 Å². The third kappa shape index (κ3) is 3.41. The molecule has 2 N–H and O–H groups in total. The molecule has 1 saturated heterocycles. The molecule has 0 amide bonds. The summed E-state index contributed by atoms with van der Waals surface area (Å²) in [6, 6.07) is 12.2. The molecule has 0 aliphatic carbocycles. The molecule has 0 spiro atoms. The van der Waals surface area contributed by atoms with Crippen molar-refractivity contribution in [2.45, 2.75) is 25.4 Å². The summed E-state index contributed by atoms with van der Waals surface area (Å²) in [4.78, 5) is 32.8. The second-order valence-corrected chi connectivity index (χ2v) is 8.48. The molecule has 0 bridgehead atoms. The molecule has 1 fully saturated rings. The third-order valence-corrected chi connectivity index (χ3v) is 6.45. The van der Waals surface area contributed by atoms with Crippen molar-refractivity contribution in [1.82, 2.24) is 35.0 Å². The molecular formula is C24H24N8O. The zero-order valence-electron chi connectivity index (χ0n) is 18.3. The molecule has 6 rings (SSSR count). The lowest BCUT2D eigenvalue weighted by atomic mass is 10.1. The van der Waals surface area contributed by atoms with Gasteiger partial charge < -0.3 is 15.2 Å². The maximum Gasteiger partial charge on any atom is 0.293 e. The number of nitrogens with zero attached hydrogens (tertiary/aromatic N) is 6. The van der Waals surface area contributed by atoms with Crippen molar-refractivity contribution in [2.24, 2.45) is 0 Å². The molecule has 1 unspecified atom stereocenters. The smallest absolute Gasteiger partial charge is 0.293 e. The Hall–Kier alpha value is -3.85. The van der Waals surface area contributed by atoms with Gasteiger partial charge in [0.05, 0.1) is 29.5 Å². The minimum Gasteiger partial charge on any atom is -0.341 e. The Kier molecular flexibility index (Phi) is 4.76. The van der Waals surface area contributed by atoms with Crippen LogP contribution >= 0.6 is 0 Å². The molecule has 1 aliphatic rings. The first-order valence-electron chi connectivity index (χ1n) is 11.2. The van der Waals surface area contributed by atoms with E-state index in [1.165, 1.54) is 4.68 Å². The second kappa shape index (κ2) is 7.93. The van der Waals surface area contributed by atoms with Crippen LogP contribution in [0.15, 0.2) is 53.6 Å². The Labute approximate surface area is 189 Å². The lowest BCUT2D eigenvalue weighted by Crippen LogP contribution is -2.44. The summed E-state index contributed by atoms with van der Waals surface area (Å²) in [6.07, 6.45) is 5.65. The molecule has 5 heterocycles. The number of benzene rings is 1. The summed E-state index contributed by atoms with van der Waals surface area (Å²) >= 11 is 0. The molecule has 5 aromatic rings. The maximum atomic E-state index is 13.3. The Bertz CT molecular complexity index is 1540. The average molecular weight is 441 g/mol. The fraction of sp³-hybridized carbons (Fsp3) is 0.292. The predicted octanol–water partition coefficient (Wildman–Crippen LogP) is 2.45. The van der Waals surface area contributed by atoms with E-state index in [2.05, 4.69) is 30.3 Å². The van der Waals surface area contributed by atoms with Crippen LogP contribution in [-0.2, 0) is 6.54 Å². The zero-order chi connectivity index (χ0) is 22.4. The van der Waals surface area contributed by atoms with Gasteiger partial charge in [-0.1, -0.05) is 18.2 Å². The average Bonchev–Trinajstić information content (AvgIpc) is 3.31. The maximum absolute atomic E-state index is 13.3. The van der Waals surface area contributed by atoms with E-state index in [9.17, 15) is 4.79 Å². The number of nitrogens with one attached hydrogen (secondary N) is 2. The van der Waals surface area contributed by atoms with Crippen LogP contribution in [-0.4, -0.2) is 55.9 Å². The number of piperidine rings is 1. The first kappa shape index (κ1) is 19.8. The summed E-state index contributed by atoms with van der Waals surface area (Å²) in [5.74, 6) is 0.722. The number of hydrogen-bond acceptors (Lipinski definition) is 7. The number of anilines is 1. The van der Waals surface area contributed by atoms with Gasteiger partial charge in [0.1, 0.15) is 11.0 Å². The number of imidazole rings is 1. The predicted molar refractivity (Wildman–Crippen MR) is 129 cm³/mol. The van der Waals surface area contributed by atoms with Crippen LogP contribution in [0.2, 0.25) is 0 Å². The van der Waals surface area contributed by atoms with Gasteiger partial charge >= 0.3 is 0 Å². The van der Waals surface area contributed by atoms with Gasteiger partial charge in [0.15, 0.2) is 0 Å². The lowest BCUT2D eigenvalue weighted by molar-refractivity contribution is 0.446. The van der Waals surface area contributed by atoms with E-state index in [0.29, 0.717) is 17.1 Å². The first-order valence-corrected chi connectivity index (χ1v) is 11.2. The number of pyridine rings is 2. The van der Waals surface area contributed by atoms with Gasteiger partial charge in [-0.2, -0.15) is 5.10 Å². The molecule has 9 heteroatoms. The van der Waals surface area contributed by atoms with Gasteiger partial charge in [0, 0.05) is 36.1 Å². The molecule has 9 nitrogen and oxygen atoms in total. The van der Waals surface area contributed by atoms with Crippen molar-refractivity contribution in [3.05, 3.63) is 64.8 Å². The van der Waals surface area contributed by atoms with Crippen molar-refractivity contribution in [3.8, 4) is 0 Å². The number of likely N-dealkylation sites (N-methyl/N-ethyl adjacent to an activating group) is 1. The van der Waals surface area contributed by atoms with Gasteiger partial charge in [0.2, 0.25) is 5.95 Å². The van der Waals surface area contributed by atoms with E-state index in [1.807, 2.05) is 43.4 Å². The second-order valence-electron chi connectivity index (χ2n) is 8.48. The molecule has 1 aliphatic heterocycles. The van der Waals surface area contributed by atoms with Crippen LogP contribution in [0, 0.1) is 0 Å². The van der Waals surface area contributed by atoms with Crippen LogP contribution in [0.25, 0.3) is 32.8 Å². The number of fused-ring (bicyclic) bond motifs is 4. The summed E-state index contributed by atoms with van der Waals surface area (Å²) in [6.45, 7) is 2.03. The van der Waals surface area contributed by atoms with Crippen molar-refractivity contribution in [1.29, 1.82) is 0 Å². The number of hydrogen-bond donors (Lipinski definition) is 2. The quantitative estimate of drug-likeness (QED) is 0.414. The van der Waals surface area contributed by atoms with Crippen LogP contribution in [0.5, 0.6) is 0 Å². The van der Waals surface area contributed by atoms with E-state index in [-0.39, 0.29) is 12.1 Å². The van der Waals surface area contributed by atoms with Gasteiger partial charge in [-0.15, -0.1) is 0 Å². The number of aromatic amines is 1. The SMILES string of the molecule is CNC1CCCN(c2nc3cnn(Cc4nc5ccccc5c5ncccc45)c(=O)c3[nH]2)C1. The molecule has 0 radical (unpaired) electrons. The Morgan fingerprint density at radius 1 is 1.12 bits per heavy atom. The Morgan fingerprint density at radius 2 is 2.00 bits per heavy atom. The topological polar surface area (TPSA) is 105 Å². The van der Waals surface area contributed by atoms with Gasteiger partial charge in [-0.3, -0.25) is 14.8 Å². The molecular weight excluding hydrogens is 416 g/mol. The minimum absolute atomic E-state index is 0.208. The van der Waals surface area contributed by atoms with Crippen LogP contribution in [0.1, 0.15) is 18.5 Å². The van der Waals surface area contributed by atoms with Gasteiger partial charge in [-0.25, -0.2) is 9.67 Å². The first-order chi connectivity index (χ1) is 16.2. The highest BCUT2D eigenvalue weighted by Crippen LogP contribution is 2.25. The highest BCUT2D eigenvalue weighted by molar-refractivity contribution is 6.04. The van der Waals surface area contributed by atoms with Gasteiger partial charge in [-0.05, 0) is 38.1 Å². The van der Waals surface area contributed by atoms with Crippen LogP contribution in [0.3, 0.4) is 0 Å². The monoisotopic (exact) mass is 440 g/mol. The summed E-state index contributed by atoms with van der Waals surface area (Å²) in [5, 5.41) is 9.66. The Morgan fingerprint density at radius 3 is 2.91 bits per heavy atom. The Balaban J connectivity index is 1.41. The molecule has 33 heavy (non-hydrogen) atoms. The lowest BCUT2D eigenvalue weighted by Gasteiger charge is -2.32. The minimum atomic E-state index is -0.208. The molecule has 1 aromatic carbocycles. The summed E-state index contributed by atoms with van der Waals surface area (Å²) in [7, 11) is 1.98. The van der Waals surface area contributed by atoms with E-state index in [1.54, 1.807) is 12.4 Å².